The minimum atomic E-state index is -4.01. The van der Waals surface area contributed by atoms with Crippen LogP contribution in [0.5, 0.6) is 0 Å². The molecular weight excluding hydrogens is 400 g/mol. The SMILES string of the molecule is Cc1ccc(S(=O)(=O)OC2CCCCC2OS(=O)(=O)c2ccc(C)cc2)cc1. The van der Waals surface area contributed by atoms with Crippen molar-refractivity contribution in [3.05, 3.63) is 59.7 Å². The lowest BCUT2D eigenvalue weighted by molar-refractivity contribution is 0.0311. The standard InChI is InChI=1S/C20H24O6S2/c1-15-7-11-17(12-8-15)27(21,22)25-19-5-3-4-6-20(19)26-28(23,24)18-13-9-16(2)10-14-18/h7-14,19-20H,3-6H2,1-2H3. The van der Waals surface area contributed by atoms with Gasteiger partial charge in [0.15, 0.2) is 0 Å². The maximum absolute atomic E-state index is 12.6. The Labute approximate surface area is 166 Å². The Morgan fingerprint density at radius 3 is 1.29 bits per heavy atom. The predicted octanol–water partition coefficient (Wildman–Crippen LogP) is 3.73. The molecule has 8 heteroatoms. The molecule has 1 aliphatic rings. The quantitative estimate of drug-likeness (QED) is 0.657. The smallest absolute Gasteiger partial charge is 0.260 e. The van der Waals surface area contributed by atoms with E-state index in [9.17, 15) is 16.8 Å². The topological polar surface area (TPSA) is 86.7 Å². The number of benzene rings is 2. The van der Waals surface area contributed by atoms with Gasteiger partial charge in [0.2, 0.25) is 0 Å². The number of rotatable bonds is 6. The van der Waals surface area contributed by atoms with Crippen molar-refractivity contribution in [2.24, 2.45) is 0 Å². The lowest BCUT2D eigenvalue weighted by Gasteiger charge is -2.30. The highest BCUT2D eigenvalue weighted by atomic mass is 32.2. The van der Waals surface area contributed by atoms with Gasteiger partial charge in [0.05, 0.1) is 9.79 Å². The Bertz CT molecular complexity index is 924. The van der Waals surface area contributed by atoms with Crippen molar-refractivity contribution in [1.82, 2.24) is 0 Å². The van der Waals surface area contributed by atoms with Gasteiger partial charge in [-0.2, -0.15) is 16.8 Å². The van der Waals surface area contributed by atoms with Crippen molar-refractivity contribution in [3.63, 3.8) is 0 Å². The molecule has 1 fully saturated rings. The molecule has 0 spiro atoms. The van der Waals surface area contributed by atoms with Gasteiger partial charge in [0.1, 0.15) is 12.2 Å². The number of hydrogen-bond acceptors (Lipinski definition) is 6. The maximum atomic E-state index is 12.6. The summed E-state index contributed by atoms with van der Waals surface area (Å²) in [4.78, 5) is 0.0904. The molecule has 1 saturated carbocycles. The van der Waals surface area contributed by atoms with Crippen molar-refractivity contribution in [2.75, 3.05) is 0 Å². The molecule has 2 aromatic carbocycles. The molecule has 0 bridgehead atoms. The summed E-state index contributed by atoms with van der Waals surface area (Å²) in [7, 11) is -8.02. The summed E-state index contributed by atoms with van der Waals surface area (Å²) in [6.07, 6.45) is 0.635. The second-order valence-electron chi connectivity index (χ2n) is 7.09. The maximum Gasteiger partial charge on any atom is 0.297 e. The summed E-state index contributed by atoms with van der Waals surface area (Å²) < 4.78 is 61.2. The molecule has 0 amide bonds. The van der Waals surface area contributed by atoms with E-state index in [0.717, 1.165) is 24.0 Å². The van der Waals surface area contributed by atoms with Gasteiger partial charge in [-0.15, -0.1) is 0 Å². The molecule has 152 valence electrons. The van der Waals surface area contributed by atoms with E-state index in [1.807, 2.05) is 13.8 Å². The summed E-state index contributed by atoms with van der Waals surface area (Å²) in [5.74, 6) is 0. The van der Waals surface area contributed by atoms with Gasteiger partial charge in [-0.3, -0.25) is 8.37 Å². The first-order valence-electron chi connectivity index (χ1n) is 9.17. The van der Waals surface area contributed by atoms with E-state index in [2.05, 4.69) is 0 Å². The average molecular weight is 425 g/mol. The summed E-state index contributed by atoms with van der Waals surface area (Å²) in [6, 6.07) is 12.7. The van der Waals surface area contributed by atoms with Crippen LogP contribution in [-0.2, 0) is 28.6 Å². The zero-order valence-corrected chi connectivity index (χ0v) is 17.5. The van der Waals surface area contributed by atoms with Crippen molar-refractivity contribution in [2.45, 2.75) is 61.5 Å². The molecule has 1 aliphatic carbocycles. The monoisotopic (exact) mass is 424 g/mol. The fraction of sp³-hybridized carbons (Fsp3) is 0.400. The summed E-state index contributed by atoms with van der Waals surface area (Å²) in [5, 5.41) is 0. The van der Waals surface area contributed by atoms with Gasteiger partial charge in [-0.25, -0.2) is 0 Å². The van der Waals surface area contributed by atoms with Gasteiger partial charge in [0, 0.05) is 0 Å². The molecule has 0 saturated heterocycles. The minimum Gasteiger partial charge on any atom is -0.260 e. The summed E-state index contributed by atoms with van der Waals surface area (Å²) >= 11 is 0. The Morgan fingerprint density at radius 1 is 0.643 bits per heavy atom. The average Bonchev–Trinajstić information content (AvgIpc) is 2.64. The molecule has 2 atom stereocenters. The van der Waals surface area contributed by atoms with Crippen LogP contribution in [0.3, 0.4) is 0 Å². The molecule has 0 aromatic heterocycles. The number of aryl methyl sites for hydroxylation is 2. The van der Waals surface area contributed by atoms with E-state index >= 15 is 0 Å². The molecule has 6 nitrogen and oxygen atoms in total. The second-order valence-corrected chi connectivity index (χ2v) is 10.2. The Balaban J connectivity index is 1.78. The van der Waals surface area contributed by atoms with E-state index in [1.54, 1.807) is 24.3 Å². The molecule has 2 unspecified atom stereocenters. The third-order valence-electron chi connectivity index (χ3n) is 4.76. The van der Waals surface area contributed by atoms with Crippen molar-refractivity contribution in [1.29, 1.82) is 0 Å². The first kappa shape index (κ1) is 21.0. The van der Waals surface area contributed by atoms with Crippen molar-refractivity contribution >= 4 is 20.2 Å². The predicted molar refractivity (Wildman–Crippen MR) is 105 cm³/mol. The van der Waals surface area contributed by atoms with E-state index < -0.39 is 32.4 Å². The summed E-state index contributed by atoms with van der Waals surface area (Å²) in [6.45, 7) is 3.72. The molecule has 28 heavy (non-hydrogen) atoms. The van der Waals surface area contributed by atoms with Crippen LogP contribution in [0.25, 0.3) is 0 Å². The number of hydrogen-bond donors (Lipinski definition) is 0. The van der Waals surface area contributed by atoms with Crippen molar-refractivity contribution in [3.8, 4) is 0 Å². The van der Waals surface area contributed by atoms with Crippen molar-refractivity contribution < 1.29 is 25.2 Å². The van der Waals surface area contributed by atoms with Crippen LogP contribution < -0.4 is 0 Å². The van der Waals surface area contributed by atoms with Gasteiger partial charge in [0.25, 0.3) is 20.2 Å². The third kappa shape index (κ3) is 5.00. The largest absolute Gasteiger partial charge is 0.297 e. The van der Waals surface area contributed by atoms with Gasteiger partial charge < -0.3 is 0 Å². The normalized spacial score (nSPS) is 20.8. The minimum absolute atomic E-state index is 0.0452. The zero-order chi connectivity index (χ0) is 20.4. The Hall–Kier alpha value is -1.74. The molecular formula is C20H24O6S2. The van der Waals surface area contributed by atoms with Gasteiger partial charge in [-0.1, -0.05) is 48.2 Å². The second kappa shape index (κ2) is 8.32. The van der Waals surface area contributed by atoms with Gasteiger partial charge in [-0.05, 0) is 51.0 Å². The van der Waals surface area contributed by atoms with E-state index in [1.165, 1.54) is 24.3 Å². The third-order valence-corrected chi connectivity index (χ3v) is 7.46. The van der Waals surface area contributed by atoms with Crippen LogP contribution in [0.2, 0.25) is 0 Å². The van der Waals surface area contributed by atoms with Crippen LogP contribution in [0.1, 0.15) is 36.8 Å². The van der Waals surface area contributed by atoms with E-state index in [0.29, 0.717) is 12.8 Å². The highest BCUT2D eigenvalue weighted by molar-refractivity contribution is 7.87. The Kier molecular flexibility index (Phi) is 6.24. The lowest BCUT2D eigenvalue weighted by Crippen LogP contribution is -2.37. The van der Waals surface area contributed by atoms with E-state index in [-0.39, 0.29) is 9.79 Å². The molecule has 2 aromatic rings. The molecule has 0 heterocycles. The fourth-order valence-electron chi connectivity index (χ4n) is 3.13. The highest BCUT2D eigenvalue weighted by Crippen LogP contribution is 2.30. The van der Waals surface area contributed by atoms with Crippen LogP contribution in [-0.4, -0.2) is 29.0 Å². The molecule has 0 aliphatic heterocycles. The Morgan fingerprint density at radius 2 is 0.964 bits per heavy atom. The zero-order valence-electron chi connectivity index (χ0n) is 15.9. The fourth-order valence-corrected chi connectivity index (χ4v) is 5.38. The van der Waals surface area contributed by atoms with E-state index in [4.69, 9.17) is 8.37 Å². The molecule has 3 rings (SSSR count). The van der Waals surface area contributed by atoms with Crippen LogP contribution in [0.15, 0.2) is 58.3 Å². The first-order chi connectivity index (χ1) is 13.2. The first-order valence-corrected chi connectivity index (χ1v) is 12.0. The highest BCUT2D eigenvalue weighted by Gasteiger charge is 2.35. The lowest BCUT2D eigenvalue weighted by atomic mass is 9.95. The van der Waals surface area contributed by atoms with Crippen LogP contribution >= 0.6 is 0 Å². The van der Waals surface area contributed by atoms with Crippen LogP contribution in [0.4, 0.5) is 0 Å². The molecule has 0 radical (unpaired) electrons. The van der Waals surface area contributed by atoms with Crippen LogP contribution in [0, 0.1) is 13.8 Å². The molecule has 0 N–H and O–H groups in total. The van der Waals surface area contributed by atoms with Gasteiger partial charge >= 0.3 is 0 Å². The summed E-state index contributed by atoms with van der Waals surface area (Å²) in [5.41, 5.74) is 1.86.